The summed E-state index contributed by atoms with van der Waals surface area (Å²) in [5.41, 5.74) is 3.22. The Labute approximate surface area is 182 Å². The average molecular weight is 450 g/mol. The molecule has 1 aliphatic rings. The quantitative estimate of drug-likeness (QED) is 0.677. The molecular weight excluding hydrogens is 426 g/mol. The number of carbonyl (C=O) groups excluding carboxylic acids is 1. The number of aryl methyl sites for hydroxylation is 1. The molecule has 1 atom stereocenters. The van der Waals surface area contributed by atoms with E-state index in [4.69, 9.17) is 20.5 Å². The molecule has 0 fully saturated rings. The van der Waals surface area contributed by atoms with Gasteiger partial charge in [0.2, 0.25) is 0 Å². The number of halogens is 1. The molecule has 1 amide bonds. The first-order valence-corrected chi connectivity index (χ1v) is 11.5. The first-order chi connectivity index (χ1) is 14.0. The Morgan fingerprint density at radius 3 is 2.30 bits per heavy atom. The molecule has 1 N–H and O–H groups in total. The molecule has 1 unspecified atom stereocenters. The van der Waals surface area contributed by atoms with Crippen LogP contribution in [0.4, 0.5) is 0 Å². The lowest BCUT2D eigenvalue weighted by Gasteiger charge is -2.26. The fraction of sp³-hybridized carbons (Fsp3) is 0.318. The van der Waals surface area contributed by atoms with Gasteiger partial charge < -0.3 is 14.2 Å². The highest BCUT2D eigenvalue weighted by Crippen LogP contribution is 2.40. The number of carbonyl (C=O) groups is 1. The topological polar surface area (TPSA) is 81.7 Å². The highest BCUT2D eigenvalue weighted by atomic mass is 35.5. The van der Waals surface area contributed by atoms with Crippen molar-refractivity contribution in [1.82, 2.24) is 5.32 Å². The van der Waals surface area contributed by atoms with Crippen LogP contribution >= 0.6 is 11.6 Å². The number of hydrogen-bond acceptors (Lipinski definition) is 5. The van der Waals surface area contributed by atoms with Gasteiger partial charge in [-0.05, 0) is 60.7 Å². The van der Waals surface area contributed by atoms with Crippen molar-refractivity contribution in [3.63, 3.8) is 0 Å². The zero-order valence-electron chi connectivity index (χ0n) is 17.5. The maximum Gasteiger partial charge on any atom is 0.306 e. The molecular formula is C22H24ClNO5S. The normalized spacial score (nSPS) is 19.2. The number of ether oxygens (including phenoxy) is 1. The van der Waals surface area contributed by atoms with Crippen LogP contribution in [0, 0.1) is 13.8 Å². The standard InChI is InChI=1S/C22H24ClNO5S/c1-13-6-11-17(15-7-9-16(23)10-8-15)14(2)18(13)19-20(29-30(5,26)27)22(3,12-28-4)24-21(19)25/h6-11H,12H2,1-5H3,(H,24,25). The van der Waals surface area contributed by atoms with E-state index in [1.807, 2.05) is 38.1 Å². The van der Waals surface area contributed by atoms with Crippen molar-refractivity contribution in [3.8, 4) is 11.1 Å². The van der Waals surface area contributed by atoms with E-state index < -0.39 is 21.6 Å². The average Bonchev–Trinajstić information content (AvgIpc) is 2.86. The number of amides is 1. The Hall–Kier alpha value is -2.35. The van der Waals surface area contributed by atoms with Crippen LogP contribution < -0.4 is 5.32 Å². The number of rotatable bonds is 6. The van der Waals surface area contributed by atoms with Gasteiger partial charge in [-0.2, -0.15) is 8.42 Å². The van der Waals surface area contributed by atoms with Crippen LogP contribution in [0.5, 0.6) is 0 Å². The van der Waals surface area contributed by atoms with Crippen molar-refractivity contribution >= 4 is 33.2 Å². The highest BCUT2D eigenvalue weighted by Gasteiger charge is 2.46. The van der Waals surface area contributed by atoms with E-state index in [9.17, 15) is 13.2 Å². The van der Waals surface area contributed by atoms with E-state index in [2.05, 4.69) is 5.32 Å². The second-order valence-electron chi connectivity index (χ2n) is 7.65. The Morgan fingerprint density at radius 2 is 1.73 bits per heavy atom. The second kappa shape index (κ2) is 8.06. The third-order valence-electron chi connectivity index (χ3n) is 5.09. The van der Waals surface area contributed by atoms with Crippen LogP contribution in [-0.4, -0.2) is 39.8 Å². The largest absolute Gasteiger partial charge is 0.384 e. The molecule has 3 rings (SSSR count). The van der Waals surface area contributed by atoms with Crippen LogP contribution in [0.25, 0.3) is 16.7 Å². The smallest absolute Gasteiger partial charge is 0.306 e. The molecule has 2 aromatic rings. The summed E-state index contributed by atoms with van der Waals surface area (Å²) < 4.78 is 34.6. The Morgan fingerprint density at radius 1 is 1.10 bits per heavy atom. The predicted molar refractivity (Wildman–Crippen MR) is 118 cm³/mol. The summed E-state index contributed by atoms with van der Waals surface area (Å²) in [6.45, 7) is 5.51. The summed E-state index contributed by atoms with van der Waals surface area (Å²) >= 11 is 6.01. The maximum atomic E-state index is 13.0. The molecule has 0 aliphatic carbocycles. The Kier molecular flexibility index (Phi) is 6.00. The van der Waals surface area contributed by atoms with Gasteiger partial charge in [-0.3, -0.25) is 4.79 Å². The van der Waals surface area contributed by atoms with Crippen LogP contribution in [0.3, 0.4) is 0 Å². The SMILES string of the molecule is COCC1(C)NC(=O)C(c2c(C)ccc(-c3ccc(Cl)cc3)c2C)=C1OS(C)(=O)=O. The minimum absolute atomic E-state index is 0.0382. The van der Waals surface area contributed by atoms with Gasteiger partial charge in [0.1, 0.15) is 5.54 Å². The number of methoxy groups -OCH3 is 1. The van der Waals surface area contributed by atoms with Crippen LogP contribution in [0.15, 0.2) is 42.2 Å². The Balaban J connectivity index is 2.30. The first-order valence-electron chi connectivity index (χ1n) is 9.29. The predicted octanol–water partition coefficient (Wildman–Crippen LogP) is 3.85. The molecule has 0 saturated carbocycles. The van der Waals surface area contributed by atoms with Gasteiger partial charge in [0.15, 0.2) is 5.76 Å². The molecule has 0 aromatic heterocycles. The van der Waals surface area contributed by atoms with Crippen molar-refractivity contribution in [2.75, 3.05) is 20.0 Å². The molecule has 0 saturated heterocycles. The summed E-state index contributed by atoms with van der Waals surface area (Å²) in [4.78, 5) is 13.0. The molecule has 8 heteroatoms. The zero-order valence-corrected chi connectivity index (χ0v) is 19.1. The molecule has 0 spiro atoms. The summed E-state index contributed by atoms with van der Waals surface area (Å²) in [5, 5.41) is 3.45. The molecule has 30 heavy (non-hydrogen) atoms. The van der Waals surface area contributed by atoms with Crippen molar-refractivity contribution < 1.29 is 22.1 Å². The van der Waals surface area contributed by atoms with Crippen LogP contribution in [-0.2, 0) is 23.8 Å². The van der Waals surface area contributed by atoms with Gasteiger partial charge in [-0.25, -0.2) is 0 Å². The van der Waals surface area contributed by atoms with Gasteiger partial charge in [-0.1, -0.05) is 35.9 Å². The fourth-order valence-electron chi connectivity index (χ4n) is 3.83. The summed E-state index contributed by atoms with van der Waals surface area (Å²) in [5.74, 6) is -0.371. The molecule has 1 heterocycles. The van der Waals surface area contributed by atoms with Gasteiger partial charge in [0.25, 0.3) is 5.91 Å². The van der Waals surface area contributed by atoms with Crippen molar-refractivity contribution in [2.24, 2.45) is 0 Å². The summed E-state index contributed by atoms with van der Waals surface area (Å²) in [6.07, 6.45) is 0.956. The fourth-order valence-corrected chi connectivity index (χ4v) is 4.52. The van der Waals surface area contributed by atoms with E-state index in [1.54, 1.807) is 19.1 Å². The number of benzene rings is 2. The molecule has 6 nitrogen and oxygen atoms in total. The van der Waals surface area contributed by atoms with E-state index >= 15 is 0 Å². The lowest BCUT2D eigenvalue weighted by Crippen LogP contribution is -2.46. The minimum Gasteiger partial charge on any atom is -0.384 e. The zero-order chi connectivity index (χ0) is 22.3. The first kappa shape index (κ1) is 22.3. The monoisotopic (exact) mass is 449 g/mol. The van der Waals surface area contributed by atoms with Gasteiger partial charge in [0, 0.05) is 12.1 Å². The Bertz CT molecular complexity index is 1140. The maximum absolute atomic E-state index is 13.0. The third-order valence-corrected chi connectivity index (χ3v) is 5.81. The van der Waals surface area contributed by atoms with Gasteiger partial charge in [0.05, 0.1) is 18.4 Å². The van der Waals surface area contributed by atoms with Crippen molar-refractivity contribution in [2.45, 2.75) is 26.3 Å². The molecule has 1 aliphatic heterocycles. The lowest BCUT2D eigenvalue weighted by molar-refractivity contribution is -0.116. The lowest BCUT2D eigenvalue weighted by atomic mass is 9.88. The molecule has 160 valence electrons. The molecule has 0 bridgehead atoms. The second-order valence-corrected chi connectivity index (χ2v) is 9.66. The van der Waals surface area contributed by atoms with Crippen LogP contribution in [0.2, 0.25) is 5.02 Å². The van der Waals surface area contributed by atoms with Crippen molar-refractivity contribution in [1.29, 1.82) is 0 Å². The van der Waals surface area contributed by atoms with E-state index in [1.165, 1.54) is 7.11 Å². The van der Waals surface area contributed by atoms with Crippen LogP contribution in [0.1, 0.15) is 23.6 Å². The minimum atomic E-state index is -3.87. The number of nitrogens with one attached hydrogen (secondary N) is 1. The van der Waals surface area contributed by atoms with E-state index in [0.717, 1.165) is 28.5 Å². The van der Waals surface area contributed by atoms with Gasteiger partial charge >= 0.3 is 10.1 Å². The third kappa shape index (κ3) is 4.24. The summed E-state index contributed by atoms with van der Waals surface area (Å²) in [6, 6.07) is 11.3. The van der Waals surface area contributed by atoms with Crippen molar-refractivity contribution in [3.05, 3.63) is 63.9 Å². The molecule has 2 aromatic carbocycles. The number of hydrogen-bond donors (Lipinski definition) is 1. The highest BCUT2D eigenvalue weighted by molar-refractivity contribution is 7.86. The molecule has 0 radical (unpaired) electrons. The van der Waals surface area contributed by atoms with E-state index in [0.29, 0.717) is 10.6 Å². The van der Waals surface area contributed by atoms with E-state index in [-0.39, 0.29) is 17.9 Å². The summed E-state index contributed by atoms with van der Waals surface area (Å²) in [7, 11) is -2.40. The van der Waals surface area contributed by atoms with Gasteiger partial charge in [-0.15, -0.1) is 0 Å².